The lowest BCUT2D eigenvalue weighted by molar-refractivity contribution is 0.339. The number of nitrogens with one attached hydrogen (secondary N) is 2. The van der Waals surface area contributed by atoms with Crippen LogP contribution in [0.25, 0.3) is 11.4 Å². The van der Waals surface area contributed by atoms with Crippen molar-refractivity contribution in [2.45, 2.75) is 25.4 Å². The molecule has 7 nitrogen and oxygen atoms in total. The predicted molar refractivity (Wildman–Crippen MR) is 75.9 cm³/mol. The van der Waals surface area contributed by atoms with Crippen molar-refractivity contribution < 1.29 is 14.0 Å². The molecule has 0 bridgehead atoms. The third kappa shape index (κ3) is 2.70. The minimum absolute atomic E-state index is 0.0329. The van der Waals surface area contributed by atoms with Crippen LogP contribution in [-0.2, 0) is 0 Å². The van der Waals surface area contributed by atoms with Crippen molar-refractivity contribution in [3.63, 3.8) is 0 Å². The first-order valence-corrected chi connectivity index (χ1v) is 6.78. The molecular formula is C14H18N4O3. The minimum Gasteiger partial charge on any atom is -0.497 e. The van der Waals surface area contributed by atoms with E-state index in [0.717, 1.165) is 17.7 Å². The average Bonchev–Trinajstić information content (AvgIpc) is 3.15. The van der Waals surface area contributed by atoms with E-state index in [0.29, 0.717) is 23.5 Å². The maximum Gasteiger partial charge on any atom is 0.245 e. The molecule has 1 aromatic carbocycles. The molecule has 0 aliphatic carbocycles. The van der Waals surface area contributed by atoms with E-state index in [4.69, 9.17) is 14.0 Å². The van der Waals surface area contributed by atoms with E-state index in [9.17, 15) is 0 Å². The van der Waals surface area contributed by atoms with Crippen LogP contribution in [0.2, 0.25) is 0 Å². The van der Waals surface area contributed by atoms with Crippen LogP contribution in [0.3, 0.4) is 0 Å². The largest absolute Gasteiger partial charge is 0.497 e. The second kappa shape index (κ2) is 5.71. The lowest BCUT2D eigenvalue weighted by Gasteiger charge is -2.07. The number of hydrazine groups is 1. The summed E-state index contributed by atoms with van der Waals surface area (Å²) in [4.78, 5) is 4.46. The Balaban J connectivity index is 1.89. The van der Waals surface area contributed by atoms with Gasteiger partial charge in [0.1, 0.15) is 17.5 Å². The fourth-order valence-corrected chi connectivity index (χ4v) is 2.35. The van der Waals surface area contributed by atoms with E-state index in [1.807, 2.05) is 12.1 Å². The molecule has 2 N–H and O–H groups in total. The Morgan fingerprint density at radius 3 is 2.76 bits per heavy atom. The first kappa shape index (κ1) is 13.8. The lowest BCUT2D eigenvalue weighted by atomic mass is 10.1. The molecule has 1 saturated heterocycles. The highest BCUT2D eigenvalue weighted by Gasteiger charge is 2.27. The number of rotatable bonds is 4. The quantitative estimate of drug-likeness (QED) is 0.886. The van der Waals surface area contributed by atoms with Gasteiger partial charge in [-0.1, -0.05) is 5.16 Å². The standard InChI is InChI=1S/C14H18N4O3/c1-8-6-11(17-16-8)14-15-13(18-21-14)10-5-4-9(19-2)7-12(10)20-3/h4-5,7-8,11,16-17H,6H2,1-3H3. The van der Waals surface area contributed by atoms with Gasteiger partial charge in [0.2, 0.25) is 11.7 Å². The highest BCUT2D eigenvalue weighted by atomic mass is 16.5. The van der Waals surface area contributed by atoms with Gasteiger partial charge in [0, 0.05) is 12.1 Å². The molecule has 2 atom stereocenters. The predicted octanol–water partition coefficient (Wildman–Crippen LogP) is 1.68. The van der Waals surface area contributed by atoms with Gasteiger partial charge >= 0.3 is 0 Å². The van der Waals surface area contributed by atoms with E-state index in [-0.39, 0.29) is 6.04 Å². The summed E-state index contributed by atoms with van der Waals surface area (Å²) >= 11 is 0. The zero-order chi connectivity index (χ0) is 14.8. The van der Waals surface area contributed by atoms with Crippen LogP contribution in [0.4, 0.5) is 0 Å². The lowest BCUT2D eigenvalue weighted by Crippen LogP contribution is -2.28. The summed E-state index contributed by atoms with van der Waals surface area (Å²) in [6.45, 7) is 2.09. The van der Waals surface area contributed by atoms with Crippen LogP contribution < -0.4 is 20.3 Å². The maximum absolute atomic E-state index is 5.36. The summed E-state index contributed by atoms with van der Waals surface area (Å²) in [7, 11) is 3.21. The molecule has 2 unspecified atom stereocenters. The number of nitrogens with zero attached hydrogens (tertiary/aromatic N) is 2. The molecule has 1 aliphatic rings. The molecule has 21 heavy (non-hydrogen) atoms. The van der Waals surface area contributed by atoms with Crippen LogP contribution in [0.1, 0.15) is 25.3 Å². The summed E-state index contributed by atoms with van der Waals surface area (Å²) in [6.07, 6.45) is 0.904. The molecule has 112 valence electrons. The van der Waals surface area contributed by atoms with Gasteiger partial charge in [-0.15, -0.1) is 0 Å². The molecule has 1 fully saturated rings. The Labute approximate surface area is 122 Å². The Hall–Kier alpha value is -2.12. The Kier molecular flexibility index (Phi) is 3.76. The number of ether oxygens (including phenoxy) is 2. The smallest absolute Gasteiger partial charge is 0.245 e. The fraction of sp³-hybridized carbons (Fsp3) is 0.429. The topological polar surface area (TPSA) is 81.4 Å². The summed E-state index contributed by atoms with van der Waals surface area (Å²) in [5, 5.41) is 4.05. The fourth-order valence-electron chi connectivity index (χ4n) is 2.35. The molecule has 0 spiro atoms. The Morgan fingerprint density at radius 2 is 2.10 bits per heavy atom. The summed E-state index contributed by atoms with van der Waals surface area (Å²) in [6, 6.07) is 5.90. The summed E-state index contributed by atoms with van der Waals surface area (Å²) in [5.74, 6) is 2.44. The minimum atomic E-state index is 0.0329. The van der Waals surface area contributed by atoms with Crippen molar-refractivity contribution in [2.24, 2.45) is 0 Å². The Morgan fingerprint density at radius 1 is 1.24 bits per heavy atom. The van der Waals surface area contributed by atoms with Crippen molar-refractivity contribution in [3.8, 4) is 22.9 Å². The monoisotopic (exact) mass is 290 g/mol. The van der Waals surface area contributed by atoms with Gasteiger partial charge in [-0.2, -0.15) is 4.98 Å². The van der Waals surface area contributed by atoms with Crippen LogP contribution in [0.5, 0.6) is 11.5 Å². The highest BCUT2D eigenvalue weighted by molar-refractivity contribution is 5.65. The van der Waals surface area contributed by atoms with Gasteiger partial charge in [-0.05, 0) is 25.5 Å². The molecule has 3 rings (SSSR count). The van der Waals surface area contributed by atoms with E-state index in [1.54, 1.807) is 20.3 Å². The van der Waals surface area contributed by atoms with Crippen molar-refractivity contribution in [3.05, 3.63) is 24.1 Å². The number of hydrogen-bond donors (Lipinski definition) is 2. The SMILES string of the molecule is COc1ccc(-c2noc(C3CC(C)NN3)n2)c(OC)c1. The molecule has 2 aromatic rings. The van der Waals surface area contributed by atoms with Gasteiger partial charge < -0.3 is 14.0 Å². The Bertz CT molecular complexity index is 628. The second-order valence-corrected chi connectivity index (χ2v) is 5.00. The van der Waals surface area contributed by atoms with Gasteiger partial charge in [0.25, 0.3) is 0 Å². The average molecular weight is 290 g/mol. The normalized spacial score (nSPS) is 21.5. The molecule has 0 radical (unpaired) electrons. The highest BCUT2D eigenvalue weighted by Crippen LogP contribution is 2.32. The van der Waals surface area contributed by atoms with Gasteiger partial charge in [-0.3, -0.25) is 5.43 Å². The van der Waals surface area contributed by atoms with Crippen molar-refractivity contribution in [2.75, 3.05) is 14.2 Å². The molecule has 7 heteroatoms. The third-order valence-electron chi connectivity index (χ3n) is 3.48. The van der Waals surface area contributed by atoms with Gasteiger partial charge in [0.05, 0.1) is 19.8 Å². The zero-order valence-corrected chi connectivity index (χ0v) is 12.2. The van der Waals surface area contributed by atoms with Crippen LogP contribution in [-0.4, -0.2) is 30.4 Å². The zero-order valence-electron chi connectivity index (χ0n) is 12.2. The molecule has 2 heterocycles. The first-order chi connectivity index (χ1) is 10.2. The van der Waals surface area contributed by atoms with E-state index in [2.05, 4.69) is 27.9 Å². The number of aromatic nitrogens is 2. The van der Waals surface area contributed by atoms with Crippen molar-refractivity contribution in [1.82, 2.24) is 21.0 Å². The van der Waals surface area contributed by atoms with Crippen LogP contribution in [0, 0.1) is 0 Å². The molecule has 0 amide bonds. The third-order valence-corrected chi connectivity index (χ3v) is 3.48. The van der Waals surface area contributed by atoms with Crippen molar-refractivity contribution in [1.29, 1.82) is 0 Å². The second-order valence-electron chi connectivity index (χ2n) is 5.00. The molecule has 0 saturated carbocycles. The van der Waals surface area contributed by atoms with Crippen LogP contribution in [0.15, 0.2) is 22.7 Å². The van der Waals surface area contributed by atoms with Gasteiger partial charge in [-0.25, -0.2) is 5.43 Å². The van der Waals surface area contributed by atoms with E-state index >= 15 is 0 Å². The van der Waals surface area contributed by atoms with E-state index in [1.165, 1.54) is 0 Å². The summed E-state index contributed by atoms with van der Waals surface area (Å²) < 4.78 is 15.9. The maximum atomic E-state index is 5.36. The number of methoxy groups -OCH3 is 2. The number of benzene rings is 1. The van der Waals surface area contributed by atoms with Crippen LogP contribution >= 0.6 is 0 Å². The van der Waals surface area contributed by atoms with Gasteiger partial charge in [0.15, 0.2) is 0 Å². The van der Waals surface area contributed by atoms with Crippen molar-refractivity contribution >= 4 is 0 Å². The first-order valence-electron chi connectivity index (χ1n) is 6.78. The number of hydrogen-bond acceptors (Lipinski definition) is 7. The molecule has 1 aliphatic heterocycles. The molecular weight excluding hydrogens is 272 g/mol. The van der Waals surface area contributed by atoms with E-state index < -0.39 is 0 Å². The summed E-state index contributed by atoms with van der Waals surface area (Å²) in [5.41, 5.74) is 7.04. The molecule has 1 aromatic heterocycles.